The second kappa shape index (κ2) is 8.60. The zero-order valence-electron chi connectivity index (χ0n) is 18.1. The van der Waals surface area contributed by atoms with Crippen molar-refractivity contribution in [2.24, 2.45) is 0 Å². The summed E-state index contributed by atoms with van der Waals surface area (Å²) in [5.41, 5.74) is 7.01. The van der Waals surface area contributed by atoms with E-state index in [0.717, 1.165) is 52.7 Å². The molecule has 3 aromatic carbocycles. The van der Waals surface area contributed by atoms with Crippen molar-refractivity contribution in [2.45, 2.75) is 38.8 Å². The van der Waals surface area contributed by atoms with Crippen LogP contribution in [0.1, 0.15) is 30.4 Å². The summed E-state index contributed by atoms with van der Waals surface area (Å²) in [5, 5.41) is 9.55. The highest BCUT2D eigenvalue weighted by Crippen LogP contribution is 2.33. The lowest BCUT2D eigenvalue weighted by atomic mass is 9.96. The second-order valence-corrected chi connectivity index (χ2v) is 8.49. The van der Waals surface area contributed by atoms with Crippen LogP contribution in [0.25, 0.3) is 33.7 Å². The first kappa shape index (κ1) is 20.5. The predicted molar refractivity (Wildman–Crippen MR) is 125 cm³/mol. The summed E-state index contributed by atoms with van der Waals surface area (Å²) in [7, 11) is 0. The first-order chi connectivity index (χ1) is 15.6. The van der Waals surface area contributed by atoms with Gasteiger partial charge in [0.2, 0.25) is 5.89 Å². The molecule has 0 radical (unpaired) electrons. The summed E-state index contributed by atoms with van der Waals surface area (Å²) in [6.45, 7) is 3.51. The number of rotatable bonds is 5. The highest BCUT2D eigenvalue weighted by Gasteiger charge is 2.28. The summed E-state index contributed by atoms with van der Waals surface area (Å²) < 4.78 is 6.18. The molecule has 5 nitrogen and oxygen atoms in total. The van der Waals surface area contributed by atoms with Crippen LogP contribution in [-0.4, -0.2) is 33.5 Å². The summed E-state index contributed by atoms with van der Waals surface area (Å²) >= 11 is 0. The van der Waals surface area contributed by atoms with Crippen molar-refractivity contribution < 1.29 is 14.3 Å². The molecule has 1 unspecified atom stereocenters. The average molecular weight is 427 g/mol. The smallest absolute Gasteiger partial charge is 0.320 e. The van der Waals surface area contributed by atoms with Crippen molar-refractivity contribution in [3.63, 3.8) is 0 Å². The van der Waals surface area contributed by atoms with Crippen LogP contribution in [-0.2, 0) is 11.3 Å². The number of hydrogen-bond donors (Lipinski definition) is 1. The van der Waals surface area contributed by atoms with Crippen LogP contribution < -0.4 is 0 Å². The summed E-state index contributed by atoms with van der Waals surface area (Å²) in [4.78, 5) is 18.4. The van der Waals surface area contributed by atoms with Crippen LogP contribution in [0.2, 0.25) is 0 Å². The quantitative estimate of drug-likeness (QED) is 0.430. The van der Waals surface area contributed by atoms with Gasteiger partial charge in [0.05, 0.1) is 0 Å². The molecule has 1 fully saturated rings. The number of aromatic nitrogens is 1. The van der Waals surface area contributed by atoms with Gasteiger partial charge in [-0.1, -0.05) is 55.0 Å². The minimum absolute atomic E-state index is 0.409. The molecule has 32 heavy (non-hydrogen) atoms. The van der Waals surface area contributed by atoms with Crippen LogP contribution in [0.4, 0.5) is 0 Å². The van der Waals surface area contributed by atoms with E-state index in [2.05, 4.69) is 30.0 Å². The van der Waals surface area contributed by atoms with Crippen LogP contribution in [0.15, 0.2) is 71.1 Å². The third-order valence-electron chi connectivity index (χ3n) is 6.39. The number of hydrogen-bond acceptors (Lipinski definition) is 4. The Morgan fingerprint density at radius 3 is 2.69 bits per heavy atom. The molecule has 0 saturated carbocycles. The van der Waals surface area contributed by atoms with Gasteiger partial charge in [0.15, 0.2) is 5.58 Å². The Morgan fingerprint density at radius 1 is 1.06 bits per heavy atom. The first-order valence-electron chi connectivity index (χ1n) is 11.1. The van der Waals surface area contributed by atoms with E-state index in [-0.39, 0.29) is 0 Å². The molecule has 0 bridgehead atoms. The molecule has 5 heteroatoms. The lowest BCUT2D eigenvalue weighted by Crippen LogP contribution is -2.43. The lowest BCUT2D eigenvalue weighted by Gasteiger charge is -2.32. The van der Waals surface area contributed by atoms with Gasteiger partial charge in [-0.3, -0.25) is 9.69 Å². The van der Waals surface area contributed by atoms with Crippen molar-refractivity contribution >= 4 is 17.1 Å². The summed E-state index contributed by atoms with van der Waals surface area (Å²) in [5.74, 6) is -0.129. The van der Waals surface area contributed by atoms with Crippen molar-refractivity contribution in [1.82, 2.24) is 9.88 Å². The van der Waals surface area contributed by atoms with E-state index in [1.807, 2.05) is 48.5 Å². The fraction of sp³-hybridized carbons (Fsp3) is 0.259. The number of likely N-dealkylation sites (tertiary alicyclic amines) is 1. The highest BCUT2D eigenvalue weighted by atomic mass is 16.4. The molecule has 1 aromatic heterocycles. The molecule has 1 aliphatic rings. The average Bonchev–Trinajstić information content (AvgIpc) is 3.23. The lowest BCUT2D eigenvalue weighted by molar-refractivity contribution is -0.144. The van der Waals surface area contributed by atoms with E-state index in [1.165, 1.54) is 5.56 Å². The van der Waals surface area contributed by atoms with Gasteiger partial charge in [0, 0.05) is 12.1 Å². The molecular weight excluding hydrogens is 400 g/mol. The van der Waals surface area contributed by atoms with Crippen molar-refractivity contribution in [1.29, 1.82) is 0 Å². The number of carboxylic acids is 1. The molecule has 2 heterocycles. The van der Waals surface area contributed by atoms with Crippen molar-refractivity contribution in [3.8, 4) is 22.6 Å². The van der Waals surface area contributed by atoms with E-state index in [0.29, 0.717) is 18.9 Å². The molecule has 162 valence electrons. The van der Waals surface area contributed by atoms with Gasteiger partial charge in [-0.25, -0.2) is 4.98 Å². The predicted octanol–water partition coefficient (Wildman–Crippen LogP) is 5.91. The van der Waals surface area contributed by atoms with Crippen LogP contribution >= 0.6 is 0 Å². The molecular formula is C27H26N2O3. The Labute approximate surface area is 187 Å². The number of carboxylic acid groups (broad SMARTS) is 1. The van der Waals surface area contributed by atoms with Gasteiger partial charge in [-0.05, 0) is 66.8 Å². The number of fused-ring (bicyclic) bond motifs is 1. The van der Waals surface area contributed by atoms with Gasteiger partial charge >= 0.3 is 5.97 Å². The molecule has 0 aliphatic carbocycles. The van der Waals surface area contributed by atoms with Gasteiger partial charge < -0.3 is 9.52 Å². The number of piperidine rings is 1. The topological polar surface area (TPSA) is 66.6 Å². The maximum Gasteiger partial charge on any atom is 0.320 e. The molecule has 4 aromatic rings. The molecule has 1 N–H and O–H groups in total. The van der Waals surface area contributed by atoms with Crippen LogP contribution in [0.5, 0.6) is 0 Å². The molecule has 1 saturated heterocycles. The largest absolute Gasteiger partial charge is 0.480 e. The maximum absolute atomic E-state index is 11.6. The summed E-state index contributed by atoms with van der Waals surface area (Å²) in [6.07, 6.45) is 2.72. The minimum Gasteiger partial charge on any atom is -0.480 e. The van der Waals surface area contributed by atoms with E-state index >= 15 is 0 Å². The molecule has 1 atom stereocenters. The number of oxazole rings is 1. The maximum atomic E-state index is 11.6. The van der Waals surface area contributed by atoms with E-state index in [9.17, 15) is 9.90 Å². The van der Waals surface area contributed by atoms with Crippen molar-refractivity contribution in [3.05, 3.63) is 77.9 Å². The van der Waals surface area contributed by atoms with E-state index < -0.39 is 12.0 Å². The molecule has 1 aliphatic heterocycles. The van der Waals surface area contributed by atoms with Gasteiger partial charge in [-0.15, -0.1) is 0 Å². The Hall–Kier alpha value is -3.44. The fourth-order valence-electron chi connectivity index (χ4n) is 4.67. The Morgan fingerprint density at radius 2 is 1.88 bits per heavy atom. The third-order valence-corrected chi connectivity index (χ3v) is 6.39. The van der Waals surface area contributed by atoms with Crippen LogP contribution in [0.3, 0.4) is 0 Å². The van der Waals surface area contributed by atoms with Gasteiger partial charge in [0.1, 0.15) is 11.6 Å². The first-order valence-corrected chi connectivity index (χ1v) is 11.1. The Kier molecular flexibility index (Phi) is 5.50. The van der Waals surface area contributed by atoms with Gasteiger partial charge in [-0.2, -0.15) is 0 Å². The van der Waals surface area contributed by atoms with E-state index in [1.54, 1.807) is 0 Å². The van der Waals surface area contributed by atoms with E-state index in [4.69, 9.17) is 9.40 Å². The van der Waals surface area contributed by atoms with Gasteiger partial charge in [0.25, 0.3) is 0 Å². The zero-order valence-corrected chi connectivity index (χ0v) is 18.1. The molecule has 0 spiro atoms. The SMILES string of the molecule is Cc1c(-c2ccccc2)cccc1-c1nc2ccc(CN3CCCCC3C(=O)O)cc2o1. The van der Waals surface area contributed by atoms with Crippen LogP contribution in [0, 0.1) is 6.92 Å². The fourth-order valence-corrected chi connectivity index (χ4v) is 4.67. The standard InChI is InChI=1S/C27H26N2O3/c1-18-21(20-8-3-2-4-9-20)10-7-11-22(18)26-28-23-14-13-19(16-25(23)32-26)17-29-15-6-5-12-24(29)27(30)31/h2-4,7-11,13-14,16,24H,5-6,12,15,17H2,1H3,(H,30,31). The van der Waals surface area contributed by atoms with Crippen molar-refractivity contribution in [2.75, 3.05) is 6.54 Å². The zero-order chi connectivity index (χ0) is 22.1. The number of aliphatic carboxylic acids is 1. The number of nitrogens with zero attached hydrogens (tertiary/aromatic N) is 2. The normalized spacial score (nSPS) is 17.0. The second-order valence-electron chi connectivity index (χ2n) is 8.49. The number of carbonyl (C=O) groups is 1. The third kappa shape index (κ3) is 3.92. The highest BCUT2D eigenvalue weighted by molar-refractivity contribution is 5.80. The Balaban J connectivity index is 1.46. The molecule has 0 amide bonds. The monoisotopic (exact) mass is 426 g/mol. The molecule has 5 rings (SSSR count). The number of benzene rings is 3. The summed E-state index contributed by atoms with van der Waals surface area (Å²) in [6, 6.07) is 22.1. The minimum atomic E-state index is -0.735. The Bertz CT molecular complexity index is 1260.